The van der Waals surface area contributed by atoms with E-state index in [0.29, 0.717) is 12.0 Å². The first-order valence-corrected chi connectivity index (χ1v) is 6.54. The summed E-state index contributed by atoms with van der Waals surface area (Å²) >= 11 is 0. The maximum atomic E-state index is 5.55. The van der Waals surface area contributed by atoms with Crippen molar-refractivity contribution in [2.45, 2.75) is 44.7 Å². The van der Waals surface area contributed by atoms with Crippen LogP contribution in [-0.2, 0) is 4.74 Å². The molecule has 3 heteroatoms. The topological polar surface area (TPSA) is 24.5 Å². The van der Waals surface area contributed by atoms with Crippen LogP contribution in [0.1, 0.15) is 33.1 Å². The Kier molecular flexibility index (Phi) is 5.22. The summed E-state index contributed by atoms with van der Waals surface area (Å²) in [6.45, 7) is 6.44. The molecule has 3 nitrogen and oxygen atoms in total. The molecule has 0 aromatic carbocycles. The molecule has 96 valence electrons. The van der Waals surface area contributed by atoms with Crippen LogP contribution in [0.5, 0.6) is 0 Å². The minimum atomic E-state index is 0.257. The van der Waals surface area contributed by atoms with Gasteiger partial charge in [0.05, 0.1) is 6.61 Å². The molecule has 2 atom stereocenters. The summed E-state index contributed by atoms with van der Waals surface area (Å²) in [5.41, 5.74) is 0.257. The number of hydrogen-bond donors (Lipinski definition) is 1. The molecule has 2 unspecified atom stereocenters. The fraction of sp³-hybridized carbons (Fsp3) is 1.00. The zero-order chi connectivity index (χ0) is 12.2. The number of nitrogens with zero attached hydrogens (tertiary/aromatic N) is 1. The van der Waals surface area contributed by atoms with E-state index in [2.05, 4.69) is 45.2 Å². The van der Waals surface area contributed by atoms with Crippen LogP contribution in [-0.4, -0.2) is 50.8 Å². The lowest BCUT2D eigenvalue weighted by molar-refractivity contribution is 0.0576. The van der Waals surface area contributed by atoms with E-state index in [1.165, 1.54) is 19.3 Å². The first kappa shape index (κ1) is 13.9. The smallest absolute Gasteiger partial charge is 0.0510 e. The molecule has 0 radical (unpaired) electrons. The highest BCUT2D eigenvalue weighted by Gasteiger charge is 2.42. The Bertz CT molecular complexity index is 196. The molecule has 0 saturated carbocycles. The van der Waals surface area contributed by atoms with Crippen LogP contribution in [0.25, 0.3) is 0 Å². The molecule has 0 amide bonds. The largest absolute Gasteiger partial charge is 0.381 e. The average Bonchev–Trinajstić information content (AvgIpc) is 2.78. The van der Waals surface area contributed by atoms with Gasteiger partial charge in [0.25, 0.3) is 0 Å². The quantitative estimate of drug-likeness (QED) is 0.749. The first-order chi connectivity index (χ1) is 7.62. The third-order valence-electron chi connectivity index (χ3n) is 4.44. The van der Waals surface area contributed by atoms with Gasteiger partial charge in [-0.15, -0.1) is 0 Å². The maximum absolute atomic E-state index is 5.55. The molecule has 1 rings (SSSR count). The van der Waals surface area contributed by atoms with Gasteiger partial charge in [0.1, 0.15) is 0 Å². The molecule has 1 aliphatic heterocycles. The summed E-state index contributed by atoms with van der Waals surface area (Å²) in [7, 11) is 6.49. The van der Waals surface area contributed by atoms with Gasteiger partial charge in [-0.05, 0) is 40.4 Å². The van der Waals surface area contributed by atoms with Crippen molar-refractivity contribution in [3.63, 3.8) is 0 Å². The van der Waals surface area contributed by atoms with E-state index in [1.807, 2.05) is 0 Å². The summed E-state index contributed by atoms with van der Waals surface area (Å²) in [6.07, 6.45) is 3.55. The number of nitrogens with one attached hydrogen (secondary N) is 1. The zero-order valence-corrected chi connectivity index (χ0v) is 11.5. The van der Waals surface area contributed by atoms with Crippen molar-refractivity contribution in [1.29, 1.82) is 0 Å². The van der Waals surface area contributed by atoms with Gasteiger partial charge >= 0.3 is 0 Å². The van der Waals surface area contributed by atoms with Crippen molar-refractivity contribution in [2.24, 2.45) is 5.92 Å². The Morgan fingerprint density at radius 2 is 2.00 bits per heavy atom. The molecule has 1 fully saturated rings. The summed E-state index contributed by atoms with van der Waals surface area (Å²) in [5, 5.41) is 3.55. The molecule has 1 N–H and O–H groups in total. The Morgan fingerprint density at radius 1 is 1.38 bits per heavy atom. The lowest BCUT2D eigenvalue weighted by atomic mass is 9.76. The molecule has 16 heavy (non-hydrogen) atoms. The average molecular weight is 228 g/mol. The highest BCUT2D eigenvalue weighted by Crippen LogP contribution is 2.33. The van der Waals surface area contributed by atoms with Gasteiger partial charge in [0.2, 0.25) is 0 Å². The standard InChI is InChI=1S/C13H28N2O/c1-6-13(7-2,15(4)5)12(14-3)11-8-9-16-10-11/h11-12,14H,6-10H2,1-5H3. The summed E-state index contributed by atoms with van der Waals surface area (Å²) in [6, 6.07) is 0.528. The highest BCUT2D eigenvalue weighted by molar-refractivity contribution is 5.00. The fourth-order valence-corrected chi connectivity index (χ4v) is 3.36. The maximum Gasteiger partial charge on any atom is 0.0510 e. The van der Waals surface area contributed by atoms with Crippen LogP contribution in [0.3, 0.4) is 0 Å². The van der Waals surface area contributed by atoms with Gasteiger partial charge in [-0.3, -0.25) is 0 Å². The van der Waals surface area contributed by atoms with Crippen LogP contribution in [0.15, 0.2) is 0 Å². The number of ether oxygens (including phenoxy) is 1. The van der Waals surface area contributed by atoms with E-state index >= 15 is 0 Å². The van der Waals surface area contributed by atoms with Crippen molar-refractivity contribution in [1.82, 2.24) is 10.2 Å². The summed E-state index contributed by atoms with van der Waals surface area (Å²) in [5.74, 6) is 0.660. The van der Waals surface area contributed by atoms with Gasteiger partial charge in [0, 0.05) is 24.1 Å². The molecule has 1 aliphatic rings. The van der Waals surface area contributed by atoms with Crippen LogP contribution >= 0.6 is 0 Å². The lowest BCUT2D eigenvalue weighted by Gasteiger charge is -2.47. The van der Waals surface area contributed by atoms with Crippen molar-refractivity contribution in [2.75, 3.05) is 34.4 Å². The second-order valence-electron chi connectivity index (χ2n) is 5.10. The molecular formula is C13H28N2O. The third kappa shape index (κ3) is 2.41. The third-order valence-corrected chi connectivity index (χ3v) is 4.44. The lowest BCUT2D eigenvalue weighted by Crippen LogP contribution is -2.60. The zero-order valence-electron chi connectivity index (χ0n) is 11.5. The van der Waals surface area contributed by atoms with Gasteiger partial charge < -0.3 is 15.0 Å². The van der Waals surface area contributed by atoms with Gasteiger partial charge in [-0.1, -0.05) is 13.8 Å². The van der Waals surface area contributed by atoms with Crippen molar-refractivity contribution in [3.05, 3.63) is 0 Å². The Morgan fingerprint density at radius 3 is 2.31 bits per heavy atom. The highest BCUT2D eigenvalue weighted by atomic mass is 16.5. The molecule has 0 aromatic rings. The first-order valence-electron chi connectivity index (χ1n) is 6.54. The summed E-state index contributed by atoms with van der Waals surface area (Å²) < 4.78 is 5.55. The van der Waals surface area contributed by atoms with Gasteiger partial charge in [-0.2, -0.15) is 0 Å². The Hall–Kier alpha value is -0.120. The molecule has 0 bridgehead atoms. The number of likely N-dealkylation sites (N-methyl/N-ethyl adjacent to an activating group) is 2. The van der Waals surface area contributed by atoms with Crippen molar-refractivity contribution < 1.29 is 4.74 Å². The van der Waals surface area contributed by atoms with Crippen molar-refractivity contribution in [3.8, 4) is 0 Å². The minimum absolute atomic E-state index is 0.257. The molecule has 0 spiro atoms. The second kappa shape index (κ2) is 5.99. The van der Waals surface area contributed by atoms with Crippen LogP contribution in [0.2, 0.25) is 0 Å². The molecule has 0 aliphatic carbocycles. The number of hydrogen-bond acceptors (Lipinski definition) is 3. The molecule has 0 aromatic heterocycles. The number of rotatable bonds is 6. The van der Waals surface area contributed by atoms with Crippen molar-refractivity contribution >= 4 is 0 Å². The van der Waals surface area contributed by atoms with E-state index in [0.717, 1.165) is 13.2 Å². The van der Waals surface area contributed by atoms with Gasteiger partial charge in [-0.25, -0.2) is 0 Å². The monoisotopic (exact) mass is 228 g/mol. The molecular weight excluding hydrogens is 200 g/mol. The predicted molar refractivity (Wildman–Crippen MR) is 68.8 cm³/mol. The fourth-order valence-electron chi connectivity index (χ4n) is 3.36. The van der Waals surface area contributed by atoms with Crippen LogP contribution in [0, 0.1) is 5.92 Å². The normalized spacial score (nSPS) is 24.0. The van der Waals surface area contributed by atoms with E-state index in [9.17, 15) is 0 Å². The Balaban J connectivity index is 2.87. The van der Waals surface area contributed by atoms with Crippen LogP contribution in [0.4, 0.5) is 0 Å². The van der Waals surface area contributed by atoms with E-state index < -0.39 is 0 Å². The molecule has 1 saturated heterocycles. The minimum Gasteiger partial charge on any atom is -0.381 e. The second-order valence-corrected chi connectivity index (χ2v) is 5.10. The predicted octanol–water partition coefficient (Wildman–Crippen LogP) is 1.73. The van der Waals surface area contributed by atoms with Crippen LogP contribution < -0.4 is 5.32 Å². The van der Waals surface area contributed by atoms with E-state index in [4.69, 9.17) is 4.74 Å². The SMILES string of the molecule is CCC(CC)(C(NC)C1CCOC1)N(C)C. The van der Waals surface area contributed by atoms with E-state index in [-0.39, 0.29) is 5.54 Å². The summed E-state index contributed by atoms with van der Waals surface area (Å²) in [4.78, 5) is 2.40. The Labute approximate surface area is 101 Å². The molecule has 1 heterocycles. The van der Waals surface area contributed by atoms with E-state index in [1.54, 1.807) is 0 Å². The van der Waals surface area contributed by atoms with Gasteiger partial charge in [0.15, 0.2) is 0 Å².